The van der Waals surface area contributed by atoms with Crippen LogP contribution in [-0.2, 0) is 36.8 Å². The number of carbonyl (C=O) groups is 2. The van der Waals surface area contributed by atoms with Gasteiger partial charge in [-0.1, -0.05) is 126 Å². The second-order valence-electron chi connectivity index (χ2n) is 19.5. The van der Waals surface area contributed by atoms with Crippen LogP contribution in [-0.4, -0.2) is 101 Å². The number of rotatable bonds is 22. The maximum absolute atomic E-state index is 13.5. The maximum Gasteiger partial charge on any atom is 0.530 e. The molecule has 0 fully saturated rings. The summed E-state index contributed by atoms with van der Waals surface area (Å²) in [5, 5.41) is 0.0549. The zero-order valence-corrected chi connectivity index (χ0v) is 47.0. The van der Waals surface area contributed by atoms with Crippen molar-refractivity contribution in [2.24, 2.45) is 22.7 Å². The zero-order valence-electron chi connectivity index (χ0n) is 43.5. The Balaban J connectivity index is 0.000000221. The van der Waals surface area contributed by atoms with Crippen molar-refractivity contribution in [2.45, 2.75) is 66.5 Å². The lowest BCUT2D eigenvalue weighted by Gasteiger charge is -2.21. The van der Waals surface area contributed by atoms with E-state index < -0.39 is 26.5 Å². The van der Waals surface area contributed by atoms with Crippen LogP contribution < -0.4 is 30.0 Å². The minimum Gasteiger partial charge on any atom is -0.479 e. The summed E-state index contributed by atoms with van der Waals surface area (Å²) in [6, 6.07) is 17.3. The van der Waals surface area contributed by atoms with Crippen molar-refractivity contribution < 1.29 is 55.3 Å². The van der Waals surface area contributed by atoms with E-state index in [1.54, 1.807) is 61.2 Å². The zero-order chi connectivity index (χ0) is 54.7. The second kappa shape index (κ2) is 25.5. The first-order chi connectivity index (χ1) is 36.2. The number of nitrogen functional groups attached to an aromatic ring is 2. The normalized spacial score (nSPS) is 18.9. The molecule has 2 unspecified atom stereocenters. The smallest absolute Gasteiger partial charge is 0.479 e. The van der Waals surface area contributed by atoms with Crippen molar-refractivity contribution in [2.75, 3.05) is 63.6 Å². The first-order valence-electron chi connectivity index (χ1n) is 24.2. The Morgan fingerprint density at radius 1 is 0.592 bits per heavy atom. The van der Waals surface area contributed by atoms with Crippen LogP contribution >= 0.6 is 39.2 Å². The molecule has 408 valence electrons. The van der Waals surface area contributed by atoms with Crippen LogP contribution in [0.25, 0.3) is 22.3 Å². The molecular formula is C50H64N10O12P2S2. The van der Waals surface area contributed by atoms with Crippen LogP contribution in [0, 0.1) is 22.7 Å². The van der Waals surface area contributed by atoms with Crippen LogP contribution in [0.1, 0.15) is 66.5 Å². The summed E-state index contributed by atoms with van der Waals surface area (Å²) >= 11 is 2.27. The van der Waals surface area contributed by atoms with Gasteiger partial charge in [-0.2, -0.15) is 19.9 Å². The number of allylic oxidation sites excluding steroid dienone is 2. The van der Waals surface area contributed by atoms with Crippen LogP contribution in [0.15, 0.2) is 97.6 Å². The topological polar surface area (TPSA) is 281 Å². The fourth-order valence-electron chi connectivity index (χ4n) is 7.52. The van der Waals surface area contributed by atoms with Crippen molar-refractivity contribution in [1.82, 2.24) is 39.0 Å². The Morgan fingerprint density at radius 2 is 0.974 bits per heavy atom. The van der Waals surface area contributed by atoms with Gasteiger partial charge in [-0.15, -0.1) is 0 Å². The predicted molar refractivity (Wildman–Crippen MR) is 292 cm³/mol. The Kier molecular flexibility index (Phi) is 19.4. The molecule has 2 aliphatic rings. The lowest BCUT2D eigenvalue weighted by atomic mass is 9.99. The summed E-state index contributed by atoms with van der Waals surface area (Å²) in [5.41, 5.74) is 12.9. The number of thioether (sulfide) groups is 2. The molecule has 0 saturated carbocycles. The van der Waals surface area contributed by atoms with Gasteiger partial charge in [0.1, 0.15) is 11.5 Å². The van der Waals surface area contributed by atoms with Gasteiger partial charge < -0.3 is 39.1 Å². The van der Waals surface area contributed by atoms with E-state index in [4.69, 9.17) is 48.1 Å². The van der Waals surface area contributed by atoms with Gasteiger partial charge in [-0.25, -0.2) is 19.1 Å². The highest BCUT2D eigenvalue weighted by Crippen LogP contribution is 2.52. The number of para-hydroxylation sites is 2. The van der Waals surface area contributed by atoms with E-state index in [9.17, 15) is 18.7 Å². The Bertz CT molecular complexity index is 2890. The number of nitrogens with zero attached hydrogens (tertiary/aromatic N) is 8. The van der Waals surface area contributed by atoms with Gasteiger partial charge in [0.15, 0.2) is 32.6 Å². The van der Waals surface area contributed by atoms with Crippen molar-refractivity contribution >= 4 is 83.6 Å². The summed E-state index contributed by atoms with van der Waals surface area (Å²) in [7, 11) is -4.92. The van der Waals surface area contributed by atoms with Gasteiger partial charge in [-0.05, 0) is 37.1 Å². The van der Waals surface area contributed by atoms with E-state index in [0.29, 0.717) is 69.9 Å². The molecule has 8 rings (SSSR count). The molecule has 6 atom stereocenters. The molecule has 0 amide bonds. The lowest BCUT2D eigenvalue weighted by molar-refractivity contribution is -0.118. The van der Waals surface area contributed by atoms with Crippen LogP contribution in [0.4, 0.5) is 11.9 Å². The van der Waals surface area contributed by atoms with Gasteiger partial charge in [-0.3, -0.25) is 27.7 Å². The quantitative estimate of drug-likeness (QED) is 0.0363. The third kappa shape index (κ3) is 15.6. The van der Waals surface area contributed by atoms with E-state index in [1.165, 1.54) is 14.2 Å². The number of hydrogen-bond donors (Lipinski definition) is 2. The Morgan fingerprint density at radius 3 is 1.33 bits per heavy atom. The molecule has 0 spiro atoms. The highest BCUT2D eigenvalue weighted by atomic mass is 32.2. The largest absolute Gasteiger partial charge is 0.530 e. The number of methoxy groups -OCH3 is 2. The number of imidazole rings is 2. The first-order valence-corrected chi connectivity index (χ1v) is 29.1. The summed E-state index contributed by atoms with van der Waals surface area (Å²) in [4.78, 5) is 49.9. The number of phosphoric acid groups is 2. The number of benzene rings is 2. The SMILES string of the molecule is COc1nc(N)nc2c1ncn2[C@H]1C=C[C@@H](COP(=O)(OCCSC(=O)C(C)(C)C)Oc2ccccc2)C1.COc1nc(N)nc2c1ncn2[C@H]1C=C[C@@H](COP(=O)(OCCSC(=O)C(C)(C)C)Oc2ccccc2)C1. The van der Waals surface area contributed by atoms with Gasteiger partial charge in [0.25, 0.3) is 0 Å². The van der Waals surface area contributed by atoms with Crippen molar-refractivity contribution in [1.29, 1.82) is 0 Å². The summed E-state index contributed by atoms with van der Waals surface area (Å²) in [6.07, 6.45) is 12.6. The standard InChI is InChI=1S/2C25H32N5O6PS/c2*1-25(2,3)23(31)38-13-12-34-37(32,36-19-8-6-5-7-9-19)35-15-17-10-11-18(14-17)30-16-27-20-21(30)28-24(26)29-22(20)33-4/h2*5-11,16-18H,12-15H2,1-4H3,(H2,26,28,29)/t2*17-,18+,37?/m11/s1. The Labute approximate surface area is 449 Å². The van der Waals surface area contributed by atoms with Gasteiger partial charge in [0.05, 0.1) is 65.4 Å². The minimum absolute atomic E-state index is 0.0274. The fraction of sp³-hybridized carbons (Fsp3) is 0.440. The molecule has 4 N–H and O–H groups in total. The fourth-order valence-corrected chi connectivity index (χ4v) is 11.8. The third-order valence-electron chi connectivity index (χ3n) is 11.4. The molecule has 0 radical (unpaired) electrons. The van der Waals surface area contributed by atoms with E-state index in [1.807, 2.05) is 87.1 Å². The van der Waals surface area contributed by atoms with Crippen LogP contribution in [0.5, 0.6) is 23.3 Å². The molecule has 4 aromatic heterocycles. The number of nitrogens with two attached hydrogens (primary N) is 2. The maximum atomic E-state index is 13.5. The first kappa shape index (κ1) is 57.9. The molecule has 2 aliphatic carbocycles. The average molecular weight is 1120 g/mol. The van der Waals surface area contributed by atoms with Gasteiger partial charge in [0, 0.05) is 34.2 Å². The van der Waals surface area contributed by atoms with E-state index in [2.05, 4.69) is 29.9 Å². The predicted octanol–water partition coefficient (Wildman–Crippen LogP) is 10.1. The summed E-state index contributed by atoms with van der Waals surface area (Å²) in [6.45, 7) is 11.4. The van der Waals surface area contributed by atoms with E-state index >= 15 is 0 Å². The summed E-state index contributed by atoms with van der Waals surface area (Å²) in [5.74, 6) is 2.07. The van der Waals surface area contributed by atoms with Crippen molar-refractivity contribution in [3.05, 3.63) is 97.6 Å². The van der Waals surface area contributed by atoms with Crippen molar-refractivity contribution in [3.63, 3.8) is 0 Å². The molecule has 4 heterocycles. The second-order valence-corrected chi connectivity index (χ2v) is 24.8. The number of hydrogen-bond acceptors (Lipinski definition) is 22. The molecule has 0 bridgehead atoms. The molecular weight excluding hydrogens is 1060 g/mol. The highest BCUT2D eigenvalue weighted by molar-refractivity contribution is 8.14. The van der Waals surface area contributed by atoms with E-state index in [0.717, 1.165) is 23.5 Å². The molecule has 22 nitrogen and oxygen atoms in total. The van der Waals surface area contributed by atoms with Crippen LogP contribution in [0.3, 0.4) is 0 Å². The molecule has 26 heteroatoms. The summed E-state index contributed by atoms with van der Waals surface area (Å²) < 4.78 is 75.5. The number of aromatic nitrogens is 8. The van der Waals surface area contributed by atoms with Crippen LogP contribution in [0.2, 0.25) is 0 Å². The molecule has 2 aromatic carbocycles. The van der Waals surface area contributed by atoms with Gasteiger partial charge >= 0.3 is 15.6 Å². The third-order valence-corrected chi connectivity index (χ3v) is 16.7. The number of phosphoric ester groups is 2. The lowest BCUT2D eigenvalue weighted by Crippen LogP contribution is -2.17. The molecule has 0 aliphatic heterocycles. The number of carbonyl (C=O) groups excluding carboxylic acids is 2. The van der Waals surface area contributed by atoms with Gasteiger partial charge in [0.2, 0.25) is 23.7 Å². The Hall–Kier alpha value is -5.84. The molecule has 6 aromatic rings. The highest BCUT2D eigenvalue weighted by Gasteiger charge is 2.35. The average Bonchev–Trinajstić information content (AvgIpc) is 4.22. The van der Waals surface area contributed by atoms with E-state index in [-0.39, 0.29) is 72.5 Å². The van der Waals surface area contributed by atoms with Crippen molar-refractivity contribution in [3.8, 4) is 23.3 Å². The number of fused-ring (bicyclic) bond motifs is 2. The number of anilines is 2. The molecule has 76 heavy (non-hydrogen) atoms. The monoisotopic (exact) mass is 1120 g/mol. The minimum atomic E-state index is -3.96. The molecule has 0 saturated heterocycles. The number of ether oxygens (including phenoxy) is 2.